The highest BCUT2D eigenvalue weighted by atomic mass is 32.1. The Kier molecular flexibility index (Phi) is 7.70. The average molecular weight is 542 g/mol. The van der Waals surface area contributed by atoms with Crippen molar-refractivity contribution in [2.45, 2.75) is 25.7 Å². The van der Waals surface area contributed by atoms with Gasteiger partial charge in [0.2, 0.25) is 0 Å². The van der Waals surface area contributed by atoms with E-state index in [1.165, 1.54) is 48.6 Å². The number of nitrogens with two attached hydrogens (primary N) is 2. The lowest BCUT2D eigenvalue weighted by molar-refractivity contribution is -0.139. The minimum atomic E-state index is -4.57. The molecule has 2 heterocycles. The Labute approximate surface area is 221 Å². The average Bonchev–Trinajstić information content (AvgIpc) is 3.31. The molecule has 0 aliphatic carbocycles. The third-order valence-electron chi connectivity index (χ3n) is 5.73. The third-order valence-corrected chi connectivity index (χ3v) is 6.74. The van der Waals surface area contributed by atoms with E-state index in [9.17, 15) is 18.0 Å². The summed E-state index contributed by atoms with van der Waals surface area (Å²) in [6.07, 6.45) is -4.03. The molecule has 7 nitrogen and oxygen atoms in total. The largest absolute Gasteiger partial charge is 0.485 e. The van der Waals surface area contributed by atoms with Crippen molar-refractivity contribution in [1.29, 1.82) is 0 Å². The van der Waals surface area contributed by atoms with Crippen molar-refractivity contribution in [2.24, 2.45) is 5.73 Å². The van der Waals surface area contributed by atoms with Crippen molar-refractivity contribution in [3.63, 3.8) is 0 Å². The van der Waals surface area contributed by atoms with Crippen molar-refractivity contribution in [1.82, 2.24) is 14.9 Å². The smallest absolute Gasteiger partial charge is 0.416 e. The van der Waals surface area contributed by atoms with Crippen molar-refractivity contribution in [3.05, 3.63) is 82.4 Å². The summed E-state index contributed by atoms with van der Waals surface area (Å²) in [4.78, 5) is 24.0. The Hall–Kier alpha value is -3.96. The fourth-order valence-electron chi connectivity index (χ4n) is 4.02. The third kappa shape index (κ3) is 5.95. The summed E-state index contributed by atoms with van der Waals surface area (Å²) in [7, 11) is 3.97. The Morgan fingerprint density at radius 1 is 1.16 bits per heavy atom. The SMILES string of the molecule is CC(Oc1cc(-c2nc(-c3cc(CN(C)C)cs3)cnc2N)ccc1C(N)=O)c1ccccc1C(F)(F)F. The van der Waals surface area contributed by atoms with Gasteiger partial charge < -0.3 is 21.1 Å². The zero-order chi connectivity index (χ0) is 27.6. The molecule has 38 heavy (non-hydrogen) atoms. The quantitative estimate of drug-likeness (QED) is 0.293. The van der Waals surface area contributed by atoms with E-state index in [0.29, 0.717) is 17.0 Å². The van der Waals surface area contributed by atoms with Crippen LogP contribution >= 0.6 is 11.3 Å². The standard InChI is InChI=1S/C27H26F3N5O2S/c1-15(18-6-4-5-7-20(18)27(28,29)30)37-22-11-17(8-9-19(22)26(32)36)24-25(31)33-12-21(34-24)23-10-16(14-38-23)13-35(2)3/h4-12,14-15H,13H2,1-3H3,(H2,31,33)(H2,32,36). The molecule has 2 aromatic carbocycles. The highest BCUT2D eigenvalue weighted by Gasteiger charge is 2.34. The van der Waals surface area contributed by atoms with E-state index in [1.807, 2.05) is 25.5 Å². The summed E-state index contributed by atoms with van der Waals surface area (Å²) in [5.41, 5.74) is 13.3. The number of amides is 1. The van der Waals surface area contributed by atoms with E-state index in [0.717, 1.165) is 23.1 Å². The lowest BCUT2D eigenvalue weighted by Gasteiger charge is -2.21. The van der Waals surface area contributed by atoms with Gasteiger partial charge in [0, 0.05) is 17.7 Å². The molecule has 0 saturated carbocycles. The van der Waals surface area contributed by atoms with Gasteiger partial charge in [0.25, 0.3) is 5.91 Å². The van der Waals surface area contributed by atoms with Gasteiger partial charge >= 0.3 is 6.18 Å². The first-order valence-electron chi connectivity index (χ1n) is 11.6. The molecule has 0 bridgehead atoms. The van der Waals surface area contributed by atoms with E-state index in [2.05, 4.69) is 9.88 Å². The Balaban J connectivity index is 1.72. The lowest BCUT2D eigenvalue weighted by atomic mass is 10.0. The first-order valence-corrected chi connectivity index (χ1v) is 12.4. The maximum atomic E-state index is 13.6. The topological polar surface area (TPSA) is 107 Å². The highest BCUT2D eigenvalue weighted by Crippen LogP contribution is 2.38. The summed E-state index contributed by atoms with van der Waals surface area (Å²) in [6, 6.07) is 11.7. The minimum absolute atomic E-state index is 0.00970. The second kappa shape index (κ2) is 10.8. The number of hydrogen-bond acceptors (Lipinski definition) is 7. The lowest BCUT2D eigenvalue weighted by Crippen LogP contribution is -2.17. The molecule has 0 fully saturated rings. The van der Waals surface area contributed by atoms with Gasteiger partial charge in [-0.3, -0.25) is 4.79 Å². The number of rotatable bonds is 8. The Morgan fingerprint density at radius 3 is 2.58 bits per heavy atom. The fraction of sp³-hybridized carbons (Fsp3) is 0.222. The number of benzene rings is 2. The van der Waals surface area contributed by atoms with Gasteiger partial charge in [0.15, 0.2) is 0 Å². The number of primary amides is 1. The molecule has 1 amide bonds. The van der Waals surface area contributed by atoms with Crippen LogP contribution in [-0.4, -0.2) is 34.9 Å². The monoisotopic (exact) mass is 541 g/mol. The number of thiophene rings is 1. The molecule has 1 atom stereocenters. The zero-order valence-corrected chi connectivity index (χ0v) is 21.7. The van der Waals surface area contributed by atoms with Gasteiger partial charge in [0.05, 0.1) is 27.9 Å². The van der Waals surface area contributed by atoms with Crippen LogP contribution in [0.5, 0.6) is 5.75 Å². The van der Waals surface area contributed by atoms with Crippen LogP contribution in [0.25, 0.3) is 21.8 Å². The predicted octanol–water partition coefficient (Wildman–Crippen LogP) is 5.77. The van der Waals surface area contributed by atoms with E-state index in [-0.39, 0.29) is 22.7 Å². The van der Waals surface area contributed by atoms with Gasteiger partial charge in [0.1, 0.15) is 23.4 Å². The van der Waals surface area contributed by atoms with Crippen LogP contribution in [0.2, 0.25) is 0 Å². The molecule has 1 unspecified atom stereocenters. The van der Waals surface area contributed by atoms with Gasteiger partial charge in [-0.05, 0) is 56.2 Å². The number of anilines is 1. The van der Waals surface area contributed by atoms with Crippen molar-refractivity contribution in [2.75, 3.05) is 19.8 Å². The van der Waals surface area contributed by atoms with Crippen LogP contribution in [0.4, 0.5) is 19.0 Å². The minimum Gasteiger partial charge on any atom is -0.485 e. The first kappa shape index (κ1) is 27.1. The highest BCUT2D eigenvalue weighted by molar-refractivity contribution is 7.13. The molecule has 198 valence electrons. The van der Waals surface area contributed by atoms with Crippen LogP contribution in [0.15, 0.2) is 60.1 Å². The van der Waals surface area contributed by atoms with Gasteiger partial charge in [-0.15, -0.1) is 11.3 Å². The fourth-order valence-corrected chi connectivity index (χ4v) is 4.88. The van der Waals surface area contributed by atoms with E-state index in [1.54, 1.807) is 12.3 Å². The number of halogens is 3. The van der Waals surface area contributed by atoms with Gasteiger partial charge in [-0.25, -0.2) is 9.97 Å². The van der Waals surface area contributed by atoms with Crippen LogP contribution in [0.3, 0.4) is 0 Å². The molecule has 0 radical (unpaired) electrons. The van der Waals surface area contributed by atoms with E-state index < -0.39 is 23.8 Å². The molecule has 0 aliphatic heterocycles. The molecular weight excluding hydrogens is 515 g/mol. The molecule has 11 heteroatoms. The first-order chi connectivity index (χ1) is 17.9. The number of ether oxygens (including phenoxy) is 1. The maximum absolute atomic E-state index is 13.6. The van der Waals surface area contributed by atoms with Gasteiger partial charge in [-0.1, -0.05) is 24.3 Å². The van der Waals surface area contributed by atoms with Crippen molar-refractivity contribution in [3.8, 4) is 27.6 Å². The molecule has 4 N–H and O–H groups in total. The van der Waals surface area contributed by atoms with Gasteiger partial charge in [-0.2, -0.15) is 13.2 Å². The van der Waals surface area contributed by atoms with E-state index in [4.69, 9.17) is 21.2 Å². The molecular formula is C27H26F3N5O2S. The molecule has 2 aromatic heterocycles. The summed E-state index contributed by atoms with van der Waals surface area (Å²) in [5, 5.41) is 2.04. The Morgan fingerprint density at radius 2 is 1.89 bits per heavy atom. The molecule has 0 spiro atoms. The summed E-state index contributed by atoms with van der Waals surface area (Å²) in [5.74, 6) is -0.634. The normalized spacial score (nSPS) is 12.5. The number of carbonyl (C=O) groups excluding carboxylic acids is 1. The van der Waals surface area contributed by atoms with Crippen LogP contribution in [0, 0.1) is 0 Å². The second-order valence-electron chi connectivity index (χ2n) is 8.97. The zero-order valence-electron chi connectivity index (χ0n) is 20.9. The second-order valence-corrected chi connectivity index (χ2v) is 9.88. The molecule has 0 aliphatic rings. The number of nitrogens with zero attached hydrogens (tertiary/aromatic N) is 3. The van der Waals surface area contributed by atoms with Crippen molar-refractivity contribution < 1.29 is 22.7 Å². The number of alkyl halides is 3. The molecule has 0 saturated heterocycles. The van der Waals surface area contributed by atoms with E-state index >= 15 is 0 Å². The Bertz CT molecular complexity index is 1470. The summed E-state index contributed by atoms with van der Waals surface area (Å²) in [6.45, 7) is 2.25. The number of hydrogen-bond donors (Lipinski definition) is 2. The molecule has 4 rings (SSSR count). The number of carbonyl (C=O) groups is 1. The molecule has 4 aromatic rings. The van der Waals surface area contributed by atoms with Crippen LogP contribution in [-0.2, 0) is 12.7 Å². The predicted molar refractivity (Wildman–Crippen MR) is 142 cm³/mol. The van der Waals surface area contributed by atoms with Crippen LogP contribution < -0.4 is 16.2 Å². The van der Waals surface area contributed by atoms with Crippen molar-refractivity contribution >= 4 is 23.1 Å². The number of nitrogen functional groups attached to an aromatic ring is 1. The van der Waals surface area contributed by atoms with Crippen LogP contribution in [0.1, 0.15) is 40.1 Å². The summed E-state index contributed by atoms with van der Waals surface area (Å²) >= 11 is 1.53. The number of aromatic nitrogens is 2. The summed E-state index contributed by atoms with van der Waals surface area (Å²) < 4.78 is 46.6. The maximum Gasteiger partial charge on any atom is 0.416 e.